The Morgan fingerprint density at radius 1 is 1.23 bits per heavy atom. The topological polar surface area (TPSA) is 60.2 Å². The van der Waals surface area contributed by atoms with Gasteiger partial charge in [-0.25, -0.2) is 4.39 Å². The van der Waals surface area contributed by atoms with Crippen molar-refractivity contribution in [3.8, 4) is 6.19 Å². The highest BCUT2D eigenvalue weighted by Crippen LogP contribution is 3.02. The number of hydrogen-bond donors (Lipinski definition) is 0. The lowest BCUT2D eigenvalue weighted by atomic mass is 10.1. The summed E-state index contributed by atoms with van der Waals surface area (Å²) in [4.78, 5) is 17.5. The molecule has 2 atom stereocenters. The molecule has 0 bridgehead atoms. The molecule has 4 rings (SSSR count). The van der Waals surface area contributed by atoms with Crippen LogP contribution in [0.25, 0.3) is 0 Å². The van der Waals surface area contributed by atoms with Crippen LogP contribution >= 0.6 is 10.2 Å². The molecule has 1 saturated heterocycles. The number of amides is 1. The maximum absolute atomic E-state index is 13.6. The number of hydrogen-bond acceptors (Lipinski definition) is 4. The zero-order valence-electron chi connectivity index (χ0n) is 15.8. The van der Waals surface area contributed by atoms with Gasteiger partial charge >= 0.3 is 10.2 Å². The molecule has 1 aliphatic heterocycles. The second kappa shape index (κ2) is 6.06. The summed E-state index contributed by atoms with van der Waals surface area (Å²) in [6.07, 6.45) is 5.21. The van der Waals surface area contributed by atoms with Gasteiger partial charge in [0.2, 0.25) is 0 Å². The molecule has 2 fully saturated rings. The Morgan fingerprint density at radius 3 is 2.45 bits per heavy atom. The van der Waals surface area contributed by atoms with Crippen LogP contribution in [0.5, 0.6) is 0 Å². The molecule has 1 aromatic heterocycles. The van der Waals surface area contributed by atoms with Gasteiger partial charge in [0.15, 0.2) is 6.19 Å². The third kappa shape index (κ3) is 3.78. The largest absolute Gasteiger partial charge is 0.310 e. The fourth-order valence-corrected chi connectivity index (χ4v) is 4.76. The molecule has 0 unspecified atom stereocenters. The van der Waals surface area contributed by atoms with Crippen LogP contribution in [0, 0.1) is 23.2 Å². The number of halogens is 6. The normalized spacial score (nSPS) is 24.5. The minimum Gasteiger partial charge on any atom is -0.306 e. The first-order chi connectivity index (χ1) is 14.2. The zero-order chi connectivity index (χ0) is 22.7. The smallest absolute Gasteiger partial charge is 0.306 e. The van der Waals surface area contributed by atoms with Crippen molar-refractivity contribution in [3.05, 3.63) is 54.1 Å². The van der Waals surface area contributed by atoms with E-state index in [9.17, 15) is 33.9 Å². The lowest BCUT2D eigenvalue weighted by Gasteiger charge is -2.40. The maximum atomic E-state index is 13.6. The molecule has 12 heteroatoms. The number of anilines is 1. The molecule has 1 aliphatic carbocycles. The number of carbonyl (C=O) groups excluding carboxylic acids is 1. The molecule has 2 aliphatic rings. The van der Waals surface area contributed by atoms with Crippen LogP contribution in [0.3, 0.4) is 0 Å². The van der Waals surface area contributed by atoms with E-state index in [1.807, 2.05) is 6.19 Å². The Morgan fingerprint density at radius 2 is 1.90 bits per heavy atom. The van der Waals surface area contributed by atoms with E-state index in [-0.39, 0.29) is 35.8 Å². The minimum absolute atomic E-state index is 0.0790. The van der Waals surface area contributed by atoms with Crippen molar-refractivity contribution in [3.63, 3.8) is 0 Å². The van der Waals surface area contributed by atoms with Crippen LogP contribution in [0.4, 0.5) is 29.5 Å². The Bertz CT molecular complexity index is 1100. The Kier molecular flexibility index (Phi) is 4.16. The van der Waals surface area contributed by atoms with Crippen molar-refractivity contribution in [2.45, 2.75) is 29.8 Å². The number of aromatic nitrogens is 1. The second-order valence-corrected chi connectivity index (χ2v) is 10.1. The lowest BCUT2D eigenvalue weighted by molar-refractivity contribution is -0.124. The molecule has 31 heavy (non-hydrogen) atoms. The summed E-state index contributed by atoms with van der Waals surface area (Å²) < 4.78 is 78.9. The predicted molar refractivity (Wildman–Crippen MR) is 101 cm³/mol. The average Bonchev–Trinajstić information content (AvgIpc) is 3.30. The summed E-state index contributed by atoms with van der Waals surface area (Å²) in [6, 6.07) is 3.10. The number of fused-ring (bicyclic) bond motifs is 1. The number of likely N-dealkylation sites (tertiary alicyclic amines) is 1. The monoisotopic (exact) mass is 462 g/mol. The lowest BCUT2D eigenvalue weighted by Crippen LogP contribution is -2.48. The number of rotatable bonds is 5. The van der Waals surface area contributed by atoms with E-state index in [1.165, 1.54) is 11.1 Å². The second-order valence-electron chi connectivity index (χ2n) is 7.73. The van der Waals surface area contributed by atoms with Gasteiger partial charge in [-0.15, -0.1) is 0 Å². The standard InChI is InChI=1S/C19H16F6N4OS/c20-15-7-13(9-27-10-15)11-29(18(30)19-8-14(19)5-6-28(19)12-26)16-1-3-17(4-2-16)31(21,22,23,24)25/h1-4,7,9-10,14H,5-6,8,11H2/t14-,19+/m0/s1. The van der Waals surface area contributed by atoms with Gasteiger partial charge in [-0.3, -0.25) is 14.7 Å². The summed E-state index contributed by atoms with van der Waals surface area (Å²) in [5, 5.41) is 9.38. The molecule has 2 heterocycles. The van der Waals surface area contributed by atoms with Crippen molar-refractivity contribution >= 4 is 21.8 Å². The van der Waals surface area contributed by atoms with Crippen LogP contribution in [0.1, 0.15) is 18.4 Å². The van der Waals surface area contributed by atoms with Gasteiger partial charge in [0.25, 0.3) is 5.91 Å². The van der Waals surface area contributed by atoms with Gasteiger partial charge in [0.05, 0.1) is 12.7 Å². The van der Waals surface area contributed by atoms with Crippen molar-refractivity contribution in [2.24, 2.45) is 5.92 Å². The molecule has 2 aromatic rings. The Hall–Kier alpha value is -2.94. The van der Waals surface area contributed by atoms with Crippen molar-refractivity contribution in [2.75, 3.05) is 11.4 Å². The van der Waals surface area contributed by atoms with E-state index in [4.69, 9.17) is 0 Å². The Labute approximate surface area is 173 Å². The van der Waals surface area contributed by atoms with Gasteiger partial charge in [-0.05, 0) is 54.7 Å². The van der Waals surface area contributed by atoms with Gasteiger partial charge < -0.3 is 4.90 Å². The predicted octanol–water partition coefficient (Wildman–Crippen LogP) is 5.36. The highest BCUT2D eigenvalue weighted by Gasteiger charge is 2.68. The quantitative estimate of drug-likeness (QED) is 0.444. The summed E-state index contributed by atoms with van der Waals surface area (Å²) in [5.74, 6) is -1.32. The van der Waals surface area contributed by atoms with E-state index >= 15 is 0 Å². The summed E-state index contributed by atoms with van der Waals surface area (Å²) in [5.41, 5.74) is -0.946. The fourth-order valence-electron chi connectivity index (χ4n) is 4.11. The molecular formula is C19H16F6N4OS. The summed E-state index contributed by atoms with van der Waals surface area (Å²) >= 11 is 0. The first-order valence-corrected chi connectivity index (χ1v) is 11.1. The van der Waals surface area contributed by atoms with Gasteiger partial charge in [0, 0.05) is 18.4 Å². The van der Waals surface area contributed by atoms with E-state index in [1.54, 1.807) is 0 Å². The van der Waals surface area contributed by atoms with Crippen LogP contribution in [0.2, 0.25) is 0 Å². The van der Waals surface area contributed by atoms with Crippen molar-refractivity contribution in [1.82, 2.24) is 9.88 Å². The molecule has 166 valence electrons. The number of pyridine rings is 1. The highest BCUT2D eigenvalue weighted by atomic mass is 32.5. The number of benzene rings is 1. The average molecular weight is 462 g/mol. The van der Waals surface area contributed by atoms with Crippen LogP contribution in [-0.4, -0.2) is 27.9 Å². The fraction of sp³-hybridized carbons (Fsp3) is 0.316. The SMILES string of the molecule is N#CN1CC[C@H]2C[C@]21C(=O)N(Cc1cncc(F)c1)c1ccc(S(F)(F)(F)(F)F)cc1. The third-order valence-electron chi connectivity index (χ3n) is 5.69. The van der Waals surface area contributed by atoms with Crippen molar-refractivity contribution < 1.29 is 28.6 Å². The number of carbonyl (C=O) groups is 1. The van der Waals surface area contributed by atoms with E-state index in [2.05, 4.69) is 4.98 Å². The van der Waals surface area contributed by atoms with E-state index < -0.39 is 32.4 Å². The van der Waals surface area contributed by atoms with Crippen LogP contribution < -0.4 is 4.90 Å². The van der Waals surface area contributed by atoms with E-state index in [0.29, 0.717) is 19.4 Å². The molecule has 0 spiro atoms. The first-order valence-electron chi connectivity index (χ1n) is 9.17. The summed E-state index contributed by atoms with van der Waals surface area (Å²) in [7, 11) is -9.88. The highest BCUT2D eigenvalue weighted by molar-refractivity contribution is 8.45. The van der Waals surface area contributed by atoms with Crippen LogP contribution in [-0.2, 0) is 11.3 Å². The van der Waals surface area contributed by atoms with E-state index in [0.717, 1.165) is 29.3 Å². The maximum Gasteiger partial charge on any atom is 0.310 e. The molecule has 0 N–H and O–H groups in total. The number of piperidine rings is 1. The molecular weight excluding hydrogens is 446 g/mol. The number of nitriles is 1. The van der Waals surface area contributed by atoms with Gasteiger partial charge in [-0.2, -0.15) is 5.26 Å². The molecule has 5 nitrogen and oxygen atoms in total. The summed E-state index contributed by atoms with van der Waals surface area (Å²) in [6.45, 7) is 0.110. The zero-order valence-corrected chi connectivity index (χ0v) is 16.6. The Balaban J connectivity index is 1.73. The van der Waals surface area contributed by atoms with Crippen LogP contribution in [0.15, 0.2) is 47.6 Å². The molecule has 1 aromatic carbocycles. The molecule has 0 radical (unpaired) electrons. The van der Waals surface area contributed by atoms with Crippen molar-refractivity contribution in [1.29, 1.82) is 5.26 Å². The molecule has 1 amide bonds. The number of nitrogens with zero attached hydrogens (tertiary/aromatic N) is 4. The minimum atomic E-state index is -9.88. The van der Waals surface area contributed by atoms with Gasteiger partial charge in [-0.1, -0.05) is 19.4 Å². The van der Waals surface area contributed by atoms with Gasteiger partial charge in [0.1, 0.15) is 16.3 Å². The first kappa shape index (κ1) is 21.3. The molecule has 1 saturated carbocycles. The third-order valence-corrected chi connectivity index (χ3v) is 6.85.